The number of rotatable bonds is 1. The first-order valence-corrected chi connectivity index (χ1v) is 6.76. The molecule has 1 aromatic carbocycles. The number of halogens is 3. The summed E-state index contributed by atoms with van der Waals surface area (Å²) in [5.41, 5.74) is 0. The van der Waals surface area contributed by atoms with Gasteiger partial charge < -0.3 is 0 Å². The molecule has 0 spiro atoms. The van der Waals surface area contributed by atoms with Gasteiger partial charge in [-0.2, -0.15) is 8.42 Å². The Balaban J connectivity index is 3.57. The second-order valence-electron chi connectivity index (χ2n) is 2.17. The molecule has 0 aromatic heterocycles. The molecule has 0 saturated heterocycles. The molecule has 72 valence electrons. The second-order valence-corrected chi connectivity index (χ2v) is 6.16. The third-order valence-electron chi connectivity index (χ3n) is 1.22. The van der Waals surface area contributed by atoms with Crippen LogP contribution in [0.3, 0.4) is 0 Å². The van der Waals surface area contributed by atoms with Crippen molar-refractivity contribution >= 4 is 57.9 Å². The van der Waals surface area contributed by atoms with Crippen molar-refractivity contribution in [2.75, 3.05) is 0 Å². The Hall–Kier alpha value is 0.570. The fraction of sp³-hybridized carbons (Fsp3) is 0. The largest absolute Gasteiger partial charge is 0.296 e. The number of hydrogen-bond donors (Lipinski definition) is 1. The van der Waals surface area contributed by atoms with E-state index in [1.165, 1.54) is 12.1 Å². The predicted molar refractivity (Wildman–Crippen MR) is 59.4 cm³/mol. The van der Waals surface area contributed by atoms with Crippen LogP contribution in [0.2, 0.25) is 0 Å². The molecule has 0 aliphatic rings. The summed E-state index contributed by atoms with van der Waals surface area (Å²) in [4.78, 5) is -0.171. The Bertz CT molecular complexity index is 417. The minimum absolute atomic E-state index is 0.171. The van der Waals surface area contributed by atoms with Crippen molar-refractivity contribution in [3.05, 3.63) is 25.6 Å². The molecular weight excluding hydrogens is 392 g/mol. The van der Waals surface area contributed by atoms with Gasteiger partial charge >= 0.3 is 0 Å². The first-order valence-electron chi connectivity index (χ1n) is 2.94. The van der Waals surface area contributed by atoms with Crippen LogP contribution < -0.4 is 0 Å². The van der Waals surface area contributed by atoms with E-state index in [0.29, 0.717) is 13.4 Å². The summed E-state index contributed by atoms with van der Waals surface area (Å²) in [6.07, 6.45) is 0. The van der Waals surface area contributed by atoms with E-state index in [9.17, 15) is 8.42 Å². The molecule has 0 bridgehead atoms. The highest BCUT2D eigenvalue weighted by molar-refractivity contribution is 9.11. The molecule has 0 aliphatic heterocycles. The van der Waals surface area contributed by atoms with E-state index >= 15 is 0 Å². The van der Waals surface area contributed by atoms with Crippen LogP contribution in [0.5, 0.6) is 0 Å². The van der Waals surface area contributed by atoms with Gasteiger partial charge in [-0.25, -0.2) is 0 Å². The highest BCUT2D eigenvalue weighted by Gasteiger charge is 2.18. The van der Waals surface area contributed by atoms with Gasteiger partial charge in [0.05, 0.1) is 0 Å². The van der Waals surface area contributed by atoms with Gasteiger partial charge in [-0.05, 0) is 44.0 Å². The van der Waals surface area contributed by atoms with E-state index in [2.05, 4.69) is 47.8 Å². The van der Waals surface area contributed by atoms with Gasteiger partial charge in [0.2, 0.25) is 0 Å². The van der Waals surface area contributed by atoms with Gasteiger partial charge in [0.25, 0.3) is 10.1 Å². The van der Waals surface area contributed by atoms with Gasteiger partial charge in [-0.3, -0.25) is 4.55 Å². The Kier molecular flexibility index (Phi) is 3.56. The molecular formula is C6H3Br3O3S. The third kappa shape index (κ3) is 2.76. The average Bonchev–Trinajstić information content (AvgIpc) is 1.78. The summed E-state index contributed by atoms with van der Waals surface area (Å²) in [6, 6.07) is 3.07. The molecule has 1 N–H and O–H groups in total. The molecule has 0 fully saturated rings. The zero-order valence-corrected chi connectivity index (χ0v) is 11.5. The molecule has 0 atom stereocenters. The van der Waals surface area contributed by atoms with E-state index in [-0.39, 0.29) is 4.90 Å². The van der Waals surface area contributed by atoms with E-state index in [1.54, 1.807) is 0 Å². The minimum Gasteiger partial charge on any atom is -0.282 e. The van der Waals surface area contributed by atoms with Gasteiger partial charge in [-0.15, -0.1) is 0 Å². The maximum atomic E-state index is 10.9. The van der Waals surface area contributed by atoms with Gasteiger partial charge in [0.15, 0.2) is 0 Å². The van der Waals surface area contributed by atoms with Gasteiger partial charge in [0.1, 0.15) is 4.90 Å². The molecule has 13 heavy (non-hydrogen) atoms. The quantitative estimate of drug-likeness (QED) is 0.744. The van der Waals surface area contributed by atoms with Crippen molar-refractivity contribution in [3.63, 3.8) is 0 Å². The van der Waals surface area contributed by atoms with Crippen LogP contribution in [-0.4, -0.2) is 13.0 Å². The van der Waals surface area contributed by atoms with Crippen LogP contribution in [0.15, 0.2) is 30.4 Å². The summed E-state index contributed by atoms with van der Waals surface area (Å²) in [5, 5.41) is 0. The number of hydrogen-bond acceptors (Lipinski definition) is 2. The molecule has 0 amide bonds. The van der Waals surface area contributed by atoms with Crippen LogP contribution in [0.1, 0.15) is 0 Å². The van der Waals surface area contributed by atoms with Crippen LogP contribution in [0.4, 0.5) is 0 Å². The van der Waals surface area contributed by atoms with E-state index in [0.717, 1.165) is 0 Å². The fourth-order valence-electron chi connectivity index (χ4n) is 0.775. The lowest BCUT2D eigenvalue weighted by atomic mass is 10.4. The molecule has 1 rings (SSSR count). The van der Waals surface area contributed by atoms with Crippen molar-refractivity contribution in [1.82, 2.24) is 0 Å². The summed E-state index contributed by atoms with van der Waals surface area (Å²) < 4.78 is 31.9. The van der Waals surface area contributed by atoms with Gasteiger partial charge in [-0.1, -0.05) is 15.9 Å². The Morgan fingerprint density at radius 3 is 1.77 bits per heavy atom. The van der Waals surface area contributed by atoms with Crippen molar-refractivity contribution in [2.45, 2.75) is 4.90 Å². The normalized spacial score (nSPS) is 11.7. The van der Waals surface area contributed by atoms with Crippen molar-refractivity contribution < 1.29 is 13.0 Å². The predicted octanol–water partition coefficient (Wildman–Crippen LogP) is 3.22. The molecule has 0 heterocycles. The zero-order valence-electron chi connectivity index (χ0n) is 5.96. The van der Waals surface area contributed by atoms with Crippen molar-refractivity contribution in [1.29, 1.82) is 0 Å². The summed E-state index contributed by atoms with van der Waals surface area (Å²) in [5.74, 6) is 0. The maximum Gasteiger partial charge on any atom is 0.296 e. The molecule has 0 aliphatic carbocycles. The van der Waals surface area contributed by atoms with E-state index in [4.69, 9.17) is 4.55 Å². The first kappa shape index (κ1) is 11.6. The number of benzene rings is 1. The smallest absolute Gasteiger partial charge is 0.282 e. The maximum absolute atomic E-state index is 10.9. The van der Waals surface area contributed by atoms with Crippen molar-refractivity contribution in [2.24, 2.45) is 0 Å². The third-order valence-corrected chi connectivity index (χ3v) is 4.41. The molecule has 1 aromatic rings. The topological polar surface area (TPSA) is 54.4 Å². The highest BCUT2D eigenvalue weighted by Crippen LogP contribution is 2.32. The Morgan fingerprint density at radius 2 is 1.46 bits per heavy atom. The summed E-state index contributed by atoms with van der Waals surface area (Å²) >= 11 is 9.25. The molecule has 7 heteroatoms. The molecule has 0 saturated carbocycles. The monoisotopic (exact) mass is 392 g/mol. The van der Waals surface area contributed by atoms with Gasteiger partial charge in [0, 0.05) is 13.4 Å². The average molecular weight is 395 g/mol. The van der Waals surface area contributed by atoms with Crippen LogP contribution in [0.25, 0.3) is 0 Å². The zero-order chi connectivity index (χ0) is 10.2. The summed E-state index contributed by atoms with van der Waals surface area (Å²) in [7, 11) is -4.20. The molecule has 0 unspecified atom stereocenters. The minimum atomic E-state index is -4.20. The van der Waals surface area contributed by atoms with E-state index in [1.807, 2.05) is 0 Å². The molecule has 0 radical (unpaired) electrons. The van der Waals surface area contributed by atoms with Crippen LogP contribution in [0, 0.1) is 0 Å². The Morgan fingerprint density at radius 1 is 1.08 bits per heavy atom. The second kappa shape index (κ2) is 3.98. The highest BCUT2D eigenvalue weighted by atomic mass is 79.9. The first-order chi connectivity index (χ1) is 5.82. The van der Waals surface area contributed by atoms with E-state index < -0.39 is 10.1 Å². The standard InChI is InChI=1S/C6H3Br3O3S/c7-3-1-4(8)6(5(9)2-3)13(10,11)12/h1-2H,(H,10,11,12). The van der Waals surface area contributed by atoms with Crippen LogP contribution >= 0.6 is 47.8 Å². The lowest BCUT2D eigenvalue weighted by Crippen LogP contribution is -2.00. The van der Waals surface area contributed by atoms with Crippen LogP contribution in [-0.2, 0) is 10.1 Å². The summed E-state index contributed by atoms with van der Waals surface area (Å²) in [6.45, 7) is 0. The lowest BCUT2D eigenvalue weighted by molar-refractivity contribution is 0.482. The van der Waals surface area contributed by atoms with Crippen molar-refractivity contribution in [3.8, 4) is 0 Å². The Labute approximate surface area is 101 Å². The molecule has 3 nitrogen and oxygen atoms in total. The lowest BCUT2D eigenvalue weighted by Gasteiger charge is -2.04. The fourth-order valence-corrected chi connectivity index (χ4v) is 4.87. The SMILES string of the molecule is O=S(=O)(O)c1c(Br)cc(Br)cc1Br.